The number of rotatable bonds is 3. The average Bonchev–Trinajstić information content (AvgIpc) is 2.55. The Morgan fingerprint density at radius 2 is 2.29 bits per heavy atom. The van der Waals surface area contributed by atoms with E-state index in [1.54, 1.807) is 6.08 Å². The summed E-state index contributed by atoms with van der Waals surface area (Å²) < 4.78 is 5.75. The summed E-state index contributed by atoms with van der Waals surface area (Å²) in [6.07, 6.45) is 5.39. The first-order valence-electron chi connectivity index (χ1n) is 6.11. The maximum atomic E-state index is 11.4. The van der Waals surface area contributed by atoms with Gasteiger partial charge < -0.3 is 9.64 Å². The molecular weight excluding hydrogens is 216 g/mol. The topological polar surface area (TPSA) is 32.8 Å². The molecule has 0 N–H and O–H groups in total. The molecule has 2 aliphatic rings. The predicted molar refractivity (Wildman–Crippen MR) is 65.9 cm³/mol. The van der Waals surface area contributed by atoms with Crippen LogP contribution in [-0.2, 0) is 9.53 Å². The maximum Gasteiger partial charge on any atom is 0.170 e. The Bertz CT molecular complexity index is 385. The summed E-state index contributed by atoms with van der Waals surface area (Å²) in [7, 11) is 4.13. The second kappa shape index (κ2) is 4.53. The van der Waals surface area contributed by atoms with E-state index in [0.717, 1.165) is 17.9 Å². The first-order valence-corrected chi connectivity index (χ1v) is 6.11. The molecule has 94 valence electrons. The van der Waals surface area contributed by atoms with Crippen molar-refractivity contribution in [1.29, 1.82) is 0 Å². The number of carbonyl (C=O) groups is 1. The molecule has 1 aliphatic heterocycles. The molecule has 0 aromatic heterocycles. The summed E-state index contributed by atoms with van der Waals surface area (Å²) in [5.41, 5.74) is 1.07. The molecular formula is C13H20N2O2. The quantitative estimate of drug-likeness (QED) is 0.746. The molecule has 0 radical (unpaired) electrons. The van der Waals surface area contributed by atoms with Gasteiger partial charge in [-0.25, -0.2) is 0 Å². The molecule has 4 nitrogen and oxygen atoms in total. The number of fused-ring (bicyclic) bond motifs is 1. The van der Waals surface area contributed by atoms with Crippen LogP contribution in [0.2, 0.25) is 0 Å². The van der Waals surface area contributed by atoms with Gasteiger partial charge in [0.1, 0.15) is 5.76 Å². The van der Waals surface area contributed by atoms with Gasteiger partial charge in [0.15, 0.2) is 12.0 Å². The second-order valence-electron chi connectivity index (χ2n) is 4.75. The Hall–Kier alpha value is -1.29. The van der Waals surface area contributed by atoms with Gasteiger partial charge in [-0.1, -0.05) is 6.92 Å². The molecule has 2 unspecified atom stereocenters. The van der Waals surface area contributed by atoms with Crippen LogP contribution < -0.4 is 0 Å². The third-order valence-corrected chi connectivity index (χ3v) is 3.29. The monoisotopic (exact) mass is 236 g/mol. The summed E-state index contributed by atoms with van der Waals surface area (Å²) in [5, 5.41) is 0. The van der Waals surface area contributed by atoms with Crippen molar-refractivity contribution in [2.45, 2.75) is 39.1 Å². The molecule has 0 spiro atoms. The van der Waals surface area contributed by atoms with E-state index >= 15 is 0 Å². The van der Waals surface area contributed by atoms with Crippen molar-refractivity contribution in [2.24, 2.45) is 0 Å². The molecule has 4 heteroatoms. The van der Waals surface area contributed by atoms with Gasteiger partial charge in [-0.15, -0.1) is 0 Å². The van der Waals surface area contributed by atoms with E-state index in [-0.39, 0.29) is 12.0 Å². The van der Waals surface area contributed by atoms with E-state index in [1.807, 2.05) is 13.0 Å². The zero-order chi connectivity index (χ0) is 12.6. The number of carbonyl (C=O) groups excluding carboxylic acids is 1. The number of allylic oxidation sites excluding steroid dienone is 2. The summed E-state index contributed by atoms with van der Waals surface area (Å²) in [4.78, 5) is 15.8. The number of hydrogen-bond acceptors (Lipinski definition) is 4. The molecule has 17 heavy (non-hydrogen) atoms. The van der Waals surface area contributed by atoms with Crippen LogP contribution >= 0.6 is 0 Å². The Balaban J connectivity index is 2.30. The van der Waals surface area contributed by atoms with Crippen LogP contribution in [-0.4, -0.2) is 42.1 Å². The lowest BCUT2D eigenvalue weighted by atomic mass is 10.1. The molecule has 0 saturated carbocycles. The zero-order valence-corrected chi connectivity index (χ0v) is 10.9. The van der Waals surface area contributed by atoms with Crippen molar-refractivity contribution in [3.8, 4) is 0 Å². The van der Waals surface area contributed by atoms with Crippen molar-refractivity contribution in [1.82, 2.24) is 9.80 Å². The standard InChI is InChI=1S/C13H20N2O2/c1-5-13(14(3)4)15-9(2)17-12-8-10(16)6-7-11(12)15/h7-9,13H,5-6H2,1-4H3. The molecule has 0 aromatic rings. The van der Waals surface area contributed by atoms with Crippen LogP contribution in [0.25, 0.3) is 0 Å². The van der Waals surface area contributed by atoms with Crippen LogP contribution in [0.1, 0.15) is 26.7 Å². The smallest absolute Gasteiger partial charge is 0.170 e. The van der Waals surface area contributed by atoms with Gasteiger partial charge in [0, 0.05) is 12.5 Å². The Labute approximate surface area is 103 Å². The third kappa shape index (κ3) is 2.09. The molecule has 1 aliphatic carbocycles. The van der Waals surface area contributed by atoms with Gasteiger partial charge in [0.2, 0.25) is 0 Å². The van der Waals surface area contributed by atoms with Crippen molar-refractivity contribution < 1.29 is 9.53 Å². The molecule has 2 atom stereocenters. The first-order chi connectivity index (χ1) is 8.04. The normalized spacial score (nSPS) is 25.4. The van der Waals surface area contributed by atoms with Crippen LogP contribution in [0.5, 0.6) is 0 Å². The van der Waals surface area contributed by atoms with Crippen LogP contribution in [0.3, 0.4) is 0 Å². The van der Waals surface area contributed by atoms with Crippen molar-refractivity contribution in [3.63, 3.8) is 0 Å². The van der Waals surface area contributed by atoms with E-state index in [0.29, 0.717) is 12.6 Å². The molecule has 1 fully saturated rings. The van der Waals surface area contributed by atoms with E-state index in [9.17, 15) is 4.79 Å². The van der Waals surface area contributed by atoms with Crippen LogP contribution in [0.4, 0.5) is 0 Å². The fourth-order valence-corrected chi connectivity index (χ4v) is 2.55. The lowest BCUT2D eigenvalue weighted by Gasteiger charge is -2.35. The summed E-state index contributed by atoms with van der Waals surface area (Å²) >= 11 is 0. The van der Waals surface area contributed by atoms with Gasteiger partial charge in [0.05, 0.1) is 11.9 Å². The highest BCUT2D eigenvalue weighted by molar-refractivity contribution is 5.93. The summed E-state index contributed by atoms with van der Waals surface area (Å²) in [5.74, 6) is 0.852. The second-order valence-corrected chi connectivity index (χ2v) is 4.75. The molecule has 0 bridgehead atoms. The Kier molecular flexibility index (Phi) is 3.24. The fourth-order valence-electron chi connectivity index (χ4n) is 2.55. The van der Waals surface area contributed by atoms with Crippen molar-refractivity contribution >= 4 is 5.78 Å². The van der Waals surface area contributed by atoms with Crippen LogP contribution in [0.15, 0.2) is 23.6 Å². The molecule has 1 saturated heterocycles. The number of ether oxygens (including phenoxy) is 1. The summed E-state index contributed by atoms with van der Waals surface area (Å²) in [6.45, 7) is 4.18. The minimum absolute atomic E-state index is 0.00856. The lowest BCUT2D eigenvalue weighted by molar-refractivity contribution is -0.114. The molecule has 0 aromatic carbocycles. The third-order valence-electron chi connectivity index (χ3n) is 3.29. The van der Waals surface area contributed by atoms with Gasteiger partial charge in [0.25, 0.3) is 0 Å². The summed E-state index contributed by atoms with van der Waals surface area (Å²) in [6, 6.07) is 0. The zero-order valence-electron chi connectivity index (χ0n) is 10.9. The maximum absolute atomic E-state index is 11.4. The SMILES string of the molecule is CCC(N(C)C)N1C2=CCC(=O)C=C2OC1C. The van der Waals surface area contributed by atoms with E-state index in [2.05, 4.69) is 30.8 Å². The number of ketones is 1. The van der Waals surface area contributed by atoms with E-state index < -0.39 is 0 Å². The van der Waals surface area contributed by atoms with Crippen molar-refractivity contribution in [2.75, 3.05) is 14.1 Å². The minimum atomic E-state index is -0.00856. The van der Waals surface area contributed by atoms with Gasteiger partial charge in [-0.2, -0.15) is 0 Å². The molecule has 2 rings (SSSR count). The van der Waals surface area contributed by atoms with E-state index in [4.69, 9.17) is 4.74 Å². The first kappa shape index (κ1) is 12.2. The predicted octanol–water partition coefficient (Wildman–Crippen LogP) is 1.70. The van der Waals surface area contributed by atoms with Gasteiger partial charge >= 0.3 is 0 Å². The Morgan fingerprint density at radius 3 is 2.88 bits per heavy atom. The number of nitrogens with zero attached hydrogens (tertiary/aromatic N) is 2. The molecule has 1 heterocycles. The largest absolute Gasteiger partial charge is 0.468 e. The van der Waals surface area contributed by atoms with Crippen molar-refractivity contribution in [3.05, 3.63) is 23.6 Å². The highest BCUT2D eigenvalue weighted by Crippen LogP contribution is 2.35. The Morgan fingerprint density at radius 1 is 1.59 bits per heavy atom. The van der Waals surface area contributed by atoms with Gasteiger partial charge in [-0.05, 0) is 33.5 Å². The highest BCUT2D eigenvalue weighted by atomic mass is 16.5. The lowest BCUT2D eigenvalue weighted by Crippen LogP contribution is -2.45. The highest BCUT2D eigenvalue weighted by Gasteiger charge is 2.37. The van der Waals surface area contributed by atoms with Crippen LogP contribution in [0, 0.1) is 0 Å². The van der Waals surface area contributed by atoms with E-state index in [1.165, 1.54) is 0 Å². The fraction of sp³-hybridized carbons (Fsp3) is 0.615. The number of hydrogen-bond donors (Lipinski definition) is 0. The van der Waals surface area contributed by atoms with Gasteiger partial charge in [-0.3, -0.25) is 9.69 Å². The average molecular weight is 236 g/mol. The minimum Gasteiger partial charge on any atom is -0.468 e. The molecule has 0 amide bonds.